The first-order chi connectivity index (χ1) is 20.1. The fraction of sp³-hybridized carbons (Fsp3) is 0.200. The van der Waals surface area contributed by atoms with Gasteiger partial charge in [0.25, 0.3) is 11.8 Å². The Morgan fingerprint density at radius 3 is 2.12 bits per heavy atom. The van der Waals surface area contributed by atoms with Gasteiger partial charge in [0, 0.05) is 43.4 Å². The molecular formula is C30H32N4O7S. The number of hydrogen-bond donors (Lipinski definition) is 2. The molecule has 12 heteroatoms. The van der Waals surface area contributed by atoms with E-state index in [1.807, 2.05) is 30.3 Å². The van der Waals surface area contributed by atoms with Crippen molar-refractivity contribution in [3.8, 4) is 17.2 Å². The van der Waals surface area contributed by atoms with Gasteiger partial charge in [0.15, 0.2) is 11.5 Å². The van der Waals surface area contributed by atoms with E-state index >= 15 is 0 Å². The molecule has 4 aromatic rings. The van der Waals surface area contributed by atoms with Gasteiger partial charge in [-0.2, -0.15) is 12.7 Å². The lowest BCUT2D eigenvalue weighted by Gasteiger charge is -2.15. The Hall–Kier alpha value is -4.81. The van der Waals surface area contributed by atoms with Gasteiger partial charge in [0.2, 0.25) is 5.75 Å². The standard InChI is InChI=1S/C30H32N4O7S/c1-33(2)42(37,38)34-19-22(23-13-9-10-14-25(23)34)15-24(30(36)31-18-20-11-7-6-8-12-20)32-29(35)21-16-26(39-3)28(41-5)27(17-21)40-4/h6-17,19H,18H2,1-5H3,(H,31,36)(H,32,35)/b24-15-. The zero-order valence-electron chi connectivity index (χ0n) is 23.9. The Labute approximate surface area is 244 Å². The van der Waals surface area contributed by atoms with Crippen molar-refractivity contribution in [1.82, 2.24) is 18.9 Å². The van der Waals surface area contributed by atoms with E-state index in [9.17, 15) is 18.0 Å². The fourth-order valence-electron chi connectivity index (χ4n) is 4.25. The monoisotopic (exact) mass is 592 g/mol. The molecular weight excluding hydrogens is 560 g/mol. The third-order valence-electron chi connectivity index (χ3n) is 6.43. The second-order valence-corrected chi connectivity index (χ2v) is 11.3. The minimum atomic E-state index is -3.88. The predicted molar refractivity (Wildman–Crippen MR) is 160 cm³/mol. The van der Waals surface area contributed by atoms with E-state index in [1.165, 1.54) is 59.8 Å². The molecule has 0 unspecified atom stereocenters. The Morgan fingerprint density at radius 2 is 1.52 bits per heavy atom. The van der Waals surface area contributed by atoms with Crippen molar-refractivity contribution in [2.45, 2.75) is 6.54 Å². The molecule has 0 atom stereocenters. The average Bonchev–Trinajstić information content (AvgIpc) is 3.38. The minimum absolute atomic E-state index is 0.102. The molecule has 0 radical (unpaired) electrons. The van der Waals surface area contributed by atoms with Crippen molar-refractivity contribution < 1.29 is 32.2 Å². The SMILES string of the molecule is COc1cc(C(=O)N/C(=C\c2cn(S(=O)(=O)N(C)C)c3ccccc23)C(=O)NCc2ccccc2)cc(OC)c1OC. The van der Waals surface area contributed by atoms with Crippen LogP contribution in [0.15, 0.2) is 78.6 Å². The van der Waals surface area contributed by atoms with Crippen molar-refractivity contribution in [3.63, 3.8) is 0 Å². The van der Waals surface area contributed by atoms with Gasteiger partial charge >= 0.3 is 10.2 Å². The number of benzene rings is 3. The second kappa shape index (κ2) is 12.8. The molecule has 1 aromatic heterocycles. The fourth-order valence-corrected chi connectivity index (χ4v) is 5.26. The Kier molecular flexibility index (Phi) is 9.18. The molecule has 0 saturated carbocycles. The third-order valence-corrected chi connectivity index (χ3v) is 8.16. The van der Waals surface area contributed by atoms with Crippen LogP contribution in [-0.2, 0) is 21.5 Å². The van der Waals surface area contributed by atoms with Crippen molar-refractivity contribution in [1.29, 1.82) is 0 Å². The van der Waals surface area contributed by atoms with Gasteiger partial charge < -0.3 is 24.8 Å². The highest BCUT2D eigenvalue weighted by Crippen LogP contribution is 2.38. The maximum Gasteiger partial charge on any atom is 0.307 e. The molecule has 42 heavy (non-hydrogen) atoms. The van der Waals surface area contributed by atoms with Crippen molar-refractivity contribution >= 4 is 39.0 Å². The van der Waals surface area contributed by atoms with Gasteiger partial charge in [-0.1, -0.05) is 48.5 Å². The van der Waals surface area contributed by atoms with E-state index in [-0.39, 0.29) is 29.3 Å². The normalized spacial score (nSPS) is 11.8. The molecule has 2 amide bonds. The lowest BCUT2D eigenvalue weighted by Crippen LogP contribution is -2.34. The number of rotatable bonds is 11. The Morgan fingerprint density at radius 1 is 0.905 bits per heavy atom. The van der Waals surface area contributed by atoms with E-state index in [4.69, 9.17) is 14.2 Å². The highest BCUT2D eigenvalue weighted by atomic mass is 32.2. The number of carbonyl (C=O) groups excluding carboxylic acids is 2. The molecule has 11 nitrogen and oxygen atoms in total. The summed E-state index contributed by atoms with van der Waals surface area (Å²) in [6, 6.07) is 19.1. The number of hydrogen-bond acceptors (Lipinski definition) is 7. The number of nitrogens with one attached hydrogen (secondary N) is 2. The molecule has 0 aliphatic carbocycles. The summed E-state index contributed by atoms with van der Waals surface area (Å²) < 4.78 is 44.4. The number of amides is 2. The largest absolute Gasteiger partial charge is 0.493 e. The smallest absolute Gasteiger partial charge is 0.307 e. The van der Waals surface area contributed by atoms with Gasteiger partial charge in [0.05, 0.1) is 26.8 Å². The first-order valence-corrected chi connectivity index (χ1v) is 14.2. The summed E-state index contributed by atoms with van der Waals surface area (Å²) in [6.07, 6.45) is 2.86. The molecule has 0 bridgehead atoms. The summed E-state index contributed by atoms with van der Waals surface area (Å²) in [5.74, 6) is -0.370. The third kappa shape index (κ3) is 6.24. The van der Waals surface area contributed by atoms with Gasteiger partial charge in [0.1, 0.15) is 5.70 Å². The Bertz CT molecular complexity index is 1720. The zero-order valence-corrected chi connectivity index (χ0v) is 24.7. The summed E-state index contributed by atoms with van der Waals surface area (Å²) in [5.41, 5.74) is 1.72. The van der Waals surface area contributed by atoms with Crippen LogP contribution in [0.2, 0.25) is 0 Å². The van der Waals surface area contributed by atoms with Crippen LogP contribution in [0.25, 0.3) is 17.0 Å². The number of ether oxygens (including phenoxy) is 3. The molecule has 4 rings (SSSR count). The lowest BCUT2D eigenvalue weighted by atomic mass is 10.1. The van der Waals surface area contributed by atoms with Crippen LogP contribution in [0.4, 0.5) is 0 Å². The summed E-state index contributed by atoms with van der Waals surface area (Å²) in [5, 5.41) is 6.07. The number of aromatic nitrogens is 1. The molecule has 0 aliphatic rings. The molecule has 0 aliphatic heterocycles. The maximum atomic E-state index is 13.5. The van der Waals surface area contributed by atoms with Crippen LogP contribution in [0, 0.1) is 0 Å². The van der Waals surface area contributed by atoms with Crippen molar-refractivity contribution in [2.24, 2.45) is 0 Å². The van der Waals surface area contributed by atoms with E-state index in [2.05, 4.69) is 10.6 Å². The van der Waals surface area contributed by atoms with E-state index < -0.39 is 22.0 Å². The van der Waals surface area contributed by atoms with Crippen LogP contribution in [0.1, 0.15) is 21.5 Å². The van der Waals surface area contributed by atoms with Crippen LogP contribution >= 0.6 is 0 Å². The van der Waals surface area contributed by atoms with E-state index in [1.54, 1.807) is 24.3 Å². The van der Waals surface area contributed by atoms with Crippen LogP contribution in [0.5, 0.6) is 17.2 Å². The van der Waals surface area contributed by atoms with Gasteiger partial charge in [-0.05, 0) is 29.8 Å². The van der Waals surface area contributed by atoms with Crippen molar-refractivity contribution in [2.75, 3.05) is 35.4 Å². The van der Waals surface area contributed by atoms with Crippen LogP contribution < -0.4 is 24.8 Å². The molecule has 3 aromatic carbocycles. The highest BCUT2D eigenvalue weighted by Gasteiger charge is 2.23. The number of carbonyl (C=O) groups is 2. The molecule has 0 fully saturated rings. The number of nitrogens with zero attached hydrogens (tertiary/aromatic N) is 2. The molecule has 0 saturated heterocycles. The average molecular weight is 593 g/mol. The summed E-state index contributed by atoms with van der Waals surface area (Å²) in [4.78, 5) is 27.0. The zero-order chi connectivity index (χ0) is 30.4. The number of methoxy groups -OCH3 is 3. The number of para-hydroxylation sites is 1. The van der Waals surface area contributed by atoms with Gasteiger partial charge in [-0.15, -0.1) is 0 Å². The van der Waals surface area contributed by atoms with Crippen LogP contribution in [-0.4, -0.2) is 63.9 Å². The summed E-state index contributed by atoms with van der Waals surface area (Å²) in [6.45, 7) is 0.202. The lowest BCUT2D eigenvalue weighted by molar-refractivity contribution is -0.117. The molecule has 0 spiro atoms. The van der Waals surface area contributed by atoms with Gasteiger partial charge in [-0.3, -0.25) is 9.59 Å². The second-order valence-electron chi connectivity index (χ2n) is 9.28. The first-order valence-electron chi connectivity index (χ1n) is 12.8. The number of fused-ring (bicyclic) bond motifs is 1. The molecule has 1 heterocycles. The minimum Gasteiger partial charge on any atom is -0.493 e. The maximum absolute atomic E-state index is 13.5. The summed E-state index contributed by atoms with van der Waals surface area (Å²) >= 11 is 0. The topological polar surface area (TPSA) is 128 Å². The molecule has 220 valence electrons. The Balaban J connectivity index is 1.79. The van der Waals surface area contributed by atoms with Gasteiger partial charge in [-0.25, -0.2) is 3.97 Å². The highest BCUT2D eigenvalue weighted by molar-refractivity contribution is 7.87. The summed E-state index contributed by atoms with van der Waals surface area (Å²) in [7, 11) is 3.29. The quantitative estimate of drug-likeness (QED) is 0.256. The van der Waals surface area contributed by atoms with Crippen LogP contribution in [0.3, 0.4) is 0 Å². The molecule has 2 N–H and O–H groups in total. The predicted octanol–water partition coefficient (Wildman–Crippen LogP) is 3.41. The first kappa shape index (κ1) is 30.2. The van der Waals surface area contributed by atoms with E-state index in [0.717, 1.165) is 13.8 Å². The van der Waals surface area contributed by atoms with Crippen molar-refractivity contribution in [3.05, 3.63) is 95.3 Å². The van der Waals surface area contributed by atoms with E-state index in [0.29, 0.717) is 22.2 Å².